The molecular formula is C23H29N3O4S. The summed E-state index contributed by atoms with van der Waals surface area (Å²) in [5, 5.41) is 0. The van der Waals surface area contributed by atoms with Crippen molar-refractivity contribution in [3.8, 4) is 5.75 Å². The molecule has 0 fully saturated rings. The number of likely N-dealkylation sites (N-methyl/N-ethyl adjacent to an activating group) is 1. The maximum absolute atomic E-state index is 13.1. The van der Waals surface area contributed by atoms with Crippen molar-refractivity contribution in [2.24, 2.45) is 10.9 Å². The van der Waals surface area contributed by atoms with E-state index in [-0.39, 0.29) is 22.6 Å². The summed E-state index contributed by atoms with van der Waals surface area (Å²) in [6.45, 7) is 8.54. The van der Waals surface area contributed by atoms with E-state index in [0.29, 0.717) is 18.7 Å². The molecule has 7 nitrogen and oxygen atoms in total. The molecule has 1 aliphatic heterocycles. The summed E-state index contributed by atoms with van der Waals surface area (Å²) in [5.74, 6) is 0.689. The van der Waals surface area contributed by atoms with Crippen LogP contribution in [0.15, 0.2) is 52.4 Å². The van der Waals surface area contributed by atoms with Crippen LogP contribution < -0.4 is 9.46 Å². The second kappa shape index (κ2) is 9.09. The van der Waals surface area contributed by atoms with Gasteiger partial charge in [-0.1, -0.05) is 32.0 Å². The van der Waals surface area contributed by atoms with Crippen molar-refractivity contribution in [2.75, 3.05) is 20.2 Å². The van der Waals surface area contributed by atoms with Crippen LogP contribution in [-0.4, -0.2) is 51.3 Å². The molecule has 3 rings (SSSR count). The van der Waals surface area contributed by atoms with E-state index in [1.807, 2.05) is 39.8 Å². The number of hydrogen-bond acceptors (Lipinski definition) is 5. The Balaban J connectivity index is 1.71. The summed E-state index contributed by atoms with van der Waals surface area (Å²) in [4.78, 5) is 19.4. The van der Waals surface area contributed by atoms with Crippen LogP contribution in [0.5, 0.6) is 5.75 Å². The van der Waals surface area contributed by atoms with Gasteiger partial charge in [0.05, 0.1) is 11.4 Å². The van der Waals surface area contributed by atoms with Gasteiger partial charge in [0.1, 0.15) is 24.2 Å². The summed E-state index contributed by atoms with van der Waals surface area (Å²) < 4.78 is 33.0. The summed E-state index contributed by atoms with van der Waals surface area (Å²) in [7, 11) is -1.95. The number of nitrogens with one attached hydrogen (secondary N) is 1. The predicted molar refractivity (Wildman–Crippen MR) is 121 cm³/mol. The highest BCUT2D eigenvalue weighted by Gasteiger charge is 2.33. The Kier molecular flexibility index (Phi) is 6.69. The maximum Gasteiger partial charge on any atom is 0.263 e. The zero-order valence-corrected chi connectivity index (χ0v) is 19.4. The molecule has 2 aromatic carbocycles. The van der Waals surface area contributed by atoms with E-state index >= 15 is 0 Å². The lowest BCUT2D eigenvalue weighted by Crippen LogP contribution is -2.41. The van der Waals surface area contributed by atoms with Crippen molar-refractivity contribution >= 4 is 21.8 Å². The number of aliphatic imine (C=N–C) groups is 1. The Morgan fingerprint density at radius 2 is 1.77 bits per heavy atom. The topological polar surface area (TPSA) is 88.1 Å². The number of sulfonamides is 1. The molecule has 1 aliphatic rings. The van der Waals surface area contributed by atoms with Crippen LogP contribution in [0.3, 0.4) is 0 Å². The molecule has 0 saturated carbocycles. The van der Waals surface area contributed by atoms with Gasteiger partial charge in [-0.15, -0.1) is 0 Å². The molecule has 0 bridgehead atoms. The number of ether oxygens (including phenoxy) is 1. The highest BCUT2D eigenvalue weighted by Crippen LogP contribution is 2.24. The van der Waals surface area contributed by atoms with E-state index in [0.717, 1.165) is 16.9 Å². The smallest absolute Gasteiger partial charge is 0.263 e. The van der Waals surface area contributed by atoms with Crippen LogP contribution in [0.2, 0.25) is 0 Å². The summed E-state index contributed by atoms with van der Waals surface area (Å²) in [6.07, 6.45) is 0. The van der Waals surface area contributed by atoms with Crippen molar-refractivity contribution in [1.29, 1.82) is 0 Å². The average Bonchev–Trinajstić information content (AvgIpc) is 2.95. The molecule has 8 heteroatoms. The lowest BCUT2D eigenvalue weighted by Gasteiger charge is -2.24. The Morgan fingerprint density at radius 3 is 2.42 bits per heavy atom. The monoisotopic (exact) mass is 443 g/mol. The third-order valence-electron chi connectivity index (χ3n) is 5.08. The van der Waals surface area contributed by atoms with Crippen LogP contribution in [0, 0.1) is 19.8 Å². The Morgan fingerprint density at radius 1 is 1.13 bits per heavy atom. The van der Waals surface area contributed by atoms with Crippen molar-refractivity contribution in [2.45, 2.75) is 38.6 Å². The van der Waals surface area contributed by atoms with E-state index < -0.39 is 16.1 Å². The average molecular weight is 444 g/mol. The fourth-order valence-corrected chi connectivity index (χ4v) is 4.75. The van der Waals surface area contributed by atoms with Gasteiger partial charge in [0.2, 0.25) is 5.91 Å². The first-order valence-corrected chi connectivity index (χ1v) is 11.7. The standard InChI is InChI=1S/C23H29N3O4S/c1-15(2)21(24-22-19-8-6-7-9-20(19)31(28,29)25-22)23(27)26(5)10-11-30-18-13-16(3)12-17(4)14-18/h6-9,12-15,21H,10-11H2,1-5H3,(H,24,25)/t21-/m0/s1. The van der Waals surface area contributed by atoms with E-state index in [9.17, 15) is 13.2 Å². The predicted octanol–water partition coefficient (Wildman–Crippen LogP) is 2.90. The molecule has 0 saturated heterocycles. The minimum absolute atomic E-state index is 0.111. The molecule has 0 spiro atoms. The van der Waals surface area contributed by atoms with Crippen LogP contribution in [0.4, 0.5) is 0 Å². The van der Waals surface area contributed by atoms with Gasteiger partial charge in [-0.3, -0.25) is 14.5 Å². The second-order valence-corrected chi connectivity index (χ2v) is 9.85. The summed E-state index contributed by atoms with van der Waals surface area (Å²) in [5.41, 5.74) is 2.73. The number of rotatable bonds is 7. The number of benzene rings is 2. The number of aryl methyl sites for hydroxylation is 2. The molecule has 0 aliphatic carbocycles. The number of carbonyl (C=O) groups is 1. The molecule has 1 amide bonds. The van der Waals surface area contributed by atoms with Gasteiger partial charge in [-0.25, -0.2) is 8.42 Å². The normalized spacial score (nSPS) is 16.6. The SMILES string of the molecule is Cc1cc(C)cc(OCCN(C)C(=O)[C@@H](N=C2NS(=O)(=O)c3ccccc32)C(C)C)c1. The fourth-order valence-electron chi connectivity index (χ4n) is 3.51. The number of fused-ring (bicyclic) bond motifs is 1. The van der Waals surface area contributed by atoms with Crippen molar-refractivity contribution in [3.05, 3.63) is 59.2 Å². The third-order valence-corrected chi connectivity index (χ3v) is 6.48. The van der Waals surface area contributed by atoms with Gasteiger partial charge in [0.15, 0.2) is 0 Å². The Labute approximate surface area is 184 Å². The highest BCUT2D eigenvalue weighted by molar-refractivity contribution is 7.90. The van der Waals surface area contributed by atoms with E-state index in [2.05, 4.69) is 15.8 Å². The molecule has 2 aromatic rings. The van der Waals surface area contributed by atoms with E-state index in [1.54, 1.807) is 30.1 Å². The zero-order valence-electron chi connectivity index (χ0n) is 18.5. The quantitative estimate of drug-likeness (QED) is 0.713. The van der Waals surface area contributed by atoms with E-state index in [1.165, 1.54) is 6.07 Å². The Bertz CT molecular complexity index is 1090. The van der Waals surface area contributed by atoms with Gasteiger partial charge in [-0.2, -0.15) is 0 Å². The lowest BCUT2D eigenvalue weighted by atomic mass is 10.0. The van der Waals surface area contributed by atoms with E-state index in [4.69, 9.17) is 4.74 Å². The zero-order chi connectivity index (χ0) is 22.8. The molecule has 0 unspecified atom stereocenters. The summed E-state index contributed by atoms with van der Waals surface area (Å²) >= 11 is 0. The molecule has 1 heterocycles. The van der Waals surface area contributed by atoms with Crippen LogP contribution in [0.25, 0.3) is 0 Å². The highest BCUT2D eigenvalue weighted by atomic mass is 32.2. The first kappa shape index (κ1) is 22.8. The van der Waals surface area contributed by atoms with Gasteiger partial charge in [0, 0.05) is 12.6 Å². The molecule has 0 radical (unpaired) electrons. The summed E-state index contributed by atoms with van der Waals surface area (Å²) in [6, 6.07) is 11.9. The van der Waals surface area contributed by atoms with Crippen molar-refractivity contribution in [1.82, 2.24) is 9.62 Å². The largest absolute Gasteiger partial charge is 0.492 e. The lowest BCUT2D eigenvalue weighted by molar-refractivity contribution is -0.132. The molecule has 1 atom stereocenters. The van der Waals surface area contributed by atoms with Gasteiger partial charge in [-0.05, 0) is 55.2 Å². The van der Waals surface area contributed by atoms with Gasteiger partial charge < -0.3 is 9.64 Å². The first-order chi connectivity index (χ1) is 14.6. The minimum atomic E-state index is -3.65. The van der Waals surface area contributed by atoms with Crippen LogP contribution in [0.1, 0.15) is 30.5 Å². The molecule has 0 aromatic heterocycles. The third kappa shape index (κ3) is 5.25. The van der Waals surface area contributed by atoms with Gasteiger partial charge >= 0.3 is 0 Å². The number of nitrogens with zero attached hydrogens (tertiary/aromatic N) is 2. The number of hydrogen-bond donors (Lipinski definition) is 1. The van der Waals surface area contributed by atoms with Crippen molar-refractivity contribution < 1.29 is 17.9 Å². The van der Waals surface area contributed by atoms with Gasteiger partial charge in [0.25, 0.3) is 10.0 Å². The Hall–Kier alpha value is -2.87. The molecule has 31 heavy (non-hydrogen) atoms. The van der Waals surface area contributed by atoms with Crippen LogP contribution in [-0.2, 0) is 14.8 Å². The molecular weight excluding hydrogens is 414 g/mol. The second-order valence-electron chi connectivity index (χ2n) is 8.20. The number of amides is 1. The minimum Gasteiger partial charge on any atom is -0.492 e. The van der Waals surface area contributed by atoms with Crippen LogP contribution >= 0.6 is 0 Å². The number of carbonyl (C=O) groups excluding carboxylic acids is 1. The first-order valence-electron chi connectivity index (χ1n) is 10.2. The molecule has 166 valence electrons. The number of amidine groups is 1. The van der Waals surface area contributed by atoms with Crippen molar-refractivity contribution in [3.63, 3.8) is 0 Å². The fraction of sp³-hybridized carbons (Fsp3) is 0.391. The molecule has 1 N–H and O–H groups in total. The maximum atomic E-state index is 13.1.